The lowest BCUT2D eigenvalue weighted by molar-refractivity contribution is -0.192. The van der Waals surface area contributed by atoms with E-state index in [-0.39, 0.29) is 30.6 Å². The van der Waals surface area contributed by atoms with Crippen LogP contribution >= 0.6 is 11.6 Å². The zero-order valence-corrected chi connectivity index (χ0v) is 22.4. The third-order valence-corrected chi connectivity index (χ3v) is 8.51. The molecule has 0 atom stereocenters. The number of amides is 1. The number of aryl methyl sites for hydroxylation is 1. The molecule has 5 rings (SSSR count). The number of anilines is 1. The lowest BCUT2D eigenvalue weighted by Gasteiger charge is -2.38. The number of benzene rings is 2. The summed E-state index contributed by atoms with van der Waals surface area (Å²) in [6.45, 7) is 6.02. The number of carbonyl (C=O) groups excluding carboxylic acids is 1. The van der Waals surface area contributed by atoms with Crippen molar-refractivity contribution in [2.45, 2.75) is 58.7 Å². The van der Waals surface area contributed by atoms with E-state index in [9.17, 15) is 18.0 Å². The van der Waals surface area contributed by atoms with Gasteiger partial charge in [-0.1, -0.05) is 37.6 Å². The highest BCUT2D eigenvalue weighted by Crippen LogP contribution is 2.57. The third kappa shape index (κ3) is 4.97. The molecule has 1 aliphatic heterocycles. The highest BCUT2D eigenvalue weighted by Gasteiger charge is 2.68. The van der Waals surface area contributed by atoms with E-state index in [1.54, 1.807) is 18.2 Å². The van der Waals surface area contributed by atoms with Crippen molar-refractivity contribution >= 4 is 34.2 Å². The van der Waals surface area contributed by atoms with Crippen molar-refractivity contribution in [1.29, 1.82) is 0 Å². The normalized spacial score (nSPS) is 18.6. The molecular formula is C28H31ClF4N4O. The van der Waals surface area contributed by atoms with Gasteiger partial charge in [-0.2, -0.15) is 13.2 Å². The first-order valence-electron chi connectivity index (χ1n) is 12.8. The summed E-state index contributed by atoms with van der Waals surface area (Å²) in [5.41, 5.74) is 1.28. The maximum atomic E-state index is 15.1. The number of imidazole rings is 1. The Balaban J connectivity index is 1.34. The number of carbonyl (C=O) groups is 1. The van der Waals surface area contributed by atoms with Crippen LogP contribution in [-0.4, -0.2) is 34.7 Å². The Labute approximate surface area is 224 Å². The van der Waals surface area contributed by atoms with E-state index in [0.29, 0.717) is 39.6 Å². The Kier molecular flexibility index (Phi) is 6.65. The van der Waals surface area contributed by atoms with Crippen LogP contribution < -0.4 is 10.2 Å². The second-order valence-electron chi connectivity index (χ2n) is 11.4. The molecule has 1 aliphatic carbocycles. The van der Waals surface area contributed by atoms with E-state index < -0.39 is 17.5 Å². The smallest absolute Gasteiger partial charge is 0.369 e. The molecule has 1 N–H and O–H groups in total. The highest BCUT2D eigenvalue weighted by atomic mass is 35.5. The number of nitrogens with one attached hydrogen (secondary N) is 1. The van der Waals surface area contributed by atoms with Crippen molar-refractivity contribution in [2.75, 3.05) is 18.0 Å². The van der Waals surface area contributed by atoms with Gasteiger partial charge in [0.05, 0.1) is 16.7 Å². The van der Waals surface area contributed by atoms with E-state index in [0.717, 1.165) is 31.4 Å². The predicted octanol–water partition coefficient (Wildman–Crippen LogP) is 6.54. The average molecular weight is 551 g/mol. The largest absolute Gasteiger partial charge is 0.403 e. The van der Waals surface area contributed by atoms with E-state index in [4.69, 9.17) is 11.6 Å². The molecule has 0 spiro atoms. The fraction of sp³-hybridized carbons (Fsp3) is 0.500. The predicted molar refractivity (Wildman–Crippen MR) is 140 cm³/mol. The first-order valence-corrected chi connectivity index (χ1v) is 13.2. The zero-order valence-electron chi connectivity index (χ0n) is 21.7. The van der Waals surface area contributed by atoms with Crippen LogP contribution in [0.1, 0.15) is 56.5 Å². The molecule has 10 heteroatoms. The first-order chi connectivity index (χ1) is 17.8. The van der Waals surface area contributed by atoms with Crippen LogP contribution in [-0.2, 0) is 24.8 Å². The SMILES string of the molecule is Cn1c(Cc2cc(CNC(=O)C3(C(F)(F)F)CC3)ccc2Cl)nc2cc(F)c(N3CCC(C)(C)CC3)cc21. The number of hydrogen-bond acceptors (Lipinski definition) is 3. The molecule has 2 aromatic carbocycles. The van der Waals surface area contributed by atoms with Crippen molar-refractivity contribution in [3.8, 4) is 0 Å². The van der Waals surface area contributed by atoms with Gasteiger partial charge in [-0.3, -0.25) is 4.79 Å². The molecule has 2 aliphatic rings. The molecule has 1 amide bonds. The summed E-state index contributed by atoms with van der Waals surface area (Å²) in [4.78, 5) is 19.0. The molecule has 3 aromatic rings. The molecule has 1 aromatic heterocycles. The van der Waals surface area contributed by atoms with Gasteiger partial charge < -0.3 is 14.8 Å². The van der Waals surface area contributed by atoms with E-state index in [1.165, 1.54) is 6.07 Å². The molecule has 38 heavy (non-hydrogen) atoms. The Morgan fingerprint density at radius 3 is 2.42 bits per heavy atom. The van der Waals surface area contributed by atoms with Crippen LogP contribution in [0.25, 0.3) is 11.0 Å². The second kappa shape index (κ2) is 9.43. The standard InChI is InChI=1S/C28H31ClF4N4O/c1-26(2)8-10-37(11-9-26)22-15-23-21(14-20(22)30)35-24(36(23)3)13-18-12-17(4-5-19(18)29)16-34-25(38)27(6-7-27)28(31,32)33/h4-5,12,14-15H,6-11,13,16H2,1-3H3,(H,34,38). The molecule has 0 bridgehead atoms. The Hall–Kier alpha value is -2.81. The summed E-state index contributed by atoms with van der Waals surface area (Å²) in [7, 11) is 1.87. The van der Waals surface area contributed by atoms with Crippen LogP contribution in [0.15, 0.2) is 30.3 Å². The molecule has 0 unspecified atom stereocenters. The Bertz CT molecular complexity index is 1380. The minimum absolute atomic E-state index is 0.0371. The van der Waals surface area contributed by atoms with Crippen LogP contribution in [0, 0.1) is 16.6 Å². The minimum Gasteiger partial charge on any atom is -0.369 e. The van der Waals surface area contributed by atoms with Crippen LogP contribution in [0.5, 0.6) is 0 Å². The van der Waals surface area contributed by atoms with Crippen molar-refractivity contribution in [3.05, 3.63) is 58.1 Å². The third-order valence-electron chi connectivity index (χ3n) is 8.14. The fourth-order valence-electron chi connectivity index (χ4n) is 5.16. The van der Waals surface area contributed by atoms with Crippen molar-refractivity contribution in [3.63, 3.8) is 0 Å². The van der Waals surface area contributed by atoms with E-state index >= 15 is 4.39 Å². The van der Waals surface area contributed by atoms with Crippen LogP contribution in [0.2, 0.25) is 5.02 Å². The van der Waals surface area contributed by atoms with Crippen molar-refractivity contribution in [1.82, 2.24) is 14.9 Å². The number of halogens is 5. The lowest BCUT2D eigenvalue weighted by Crippen LogP contribution is -2.40. The number of fused-ring (bicyclic) bond motifs is 1. The first kappa shape index (κ1) is 26.8. The number of rotatable bonds is 6. The van der Waals surface area contributed by atoms with Crippen LogP contribution in [0.4, 0.5) is 23.2 Å². The zero-order chi connectivity index (χ0) is 27.5. The summed E-state index contributed by atoms with van der Waals surface area (Å²) < 4.78 is 56.7. The molecule has 5 nitrogen and oxygen atoms in total. The van der Waals surface area contributed by atoms with Crippen LogP contribution in [0.3, 0.4) is 0 Å². The number of aromatic nitrogens is 2. The summed E-state index contributed by atoms with van der Waals surface area (Å²) >= 11 is 6.44. The van der Waals surface area contributed by atoms with Crippen molar-refractivity contribution in [2.24, 2.45) is 17.9 Å². The quantitative estimate of drug-likeness (QED) is 0.354. The maximum Gasteiger partial charge on any atom is 0.403 e. The Morgan fingerprint density at radius 1 is 1.11 bits per heavy atom. The number of piperidine rings is 1. The molecular weight excluding hydrogens is 520 g/mol. The molecule has 204 valence electrons. The van der Waals surface area contributed by atoms with Gasteiger partial charge >= 0.3 is 6.18 Å². The highest BCUT2D eigenvalue weighted by molar-refractivity contribution is 6.31. The van der Waals surface area contributed by atoms with Gasteiger partial charge in [-0.05, 0) is 54.4 Å². The summed E-state index contributed by atoms with van der Waals surface area (Å²) in [6.07, 6.45) is -2.58. The summed E-state index contributed by atoms with van der Waals surface area (Å²) in [5.74, 6) is -0.620. The molecule has 1 saturated carbocycles. The maximum absolute atomic E-state index is 15.1. The molecule has 2 heterocycles. The molecule has 1 saturated heterocycles. The monoisotopic (exact) mass is 550 g/mol. The lowest BCUT2D eigenvalue weighted by atomic mass is 9.82. The second-order valence-corrected chi connectivity index (χ2v) is 11.8. The minimum atomic E-state index is -4.55. The van der Waals surface area contributed by atoms with E-state index in [1.807, 2.05) is 17.7 Å². The van der Waals surface area contributed by atoms with Gasteiger partial charge in [0.15, 0.2) is 0 Å². The van der Waals surface area contributed by atoms with Gasteiger partial charge in [-0.15, -0.1) is 0 Å². The van der Waals surface area contributed by atoms with Gasteiger partial charge in [0, 0.05) is 44.2 Å². The van der Waals surface area contributed by atoms with Gasteiger partial charge in [-0.25, -0.2) is 9.37 Å². The summed E-state index contributed by atoms with van der Waals surface area (Å²) in [6, 6.07) is 8.41. The Morgan fingerprint density at radius 2 is 1.79 bits per heavy atom. The fourth-order valence-corrected chi connectivity index (χ4v) is 5.35. The summed E-state index contributed by atoms with van der Waals surface area (Å²) in [5, 5.41) is 2.91. The number of alkyl halides is 3. The van der Waals surface area contributed by atoms with Gasteiger partial charge in [0.25, 0.3) is 0 Å². The van der Waals surface area contributed by atoms with Gasteiger partial charge in [0.2, 0.25) is 5.91 Å². The molecule has 2 fully saturated rings. The number of hydrogen-bond donors (Lipinski definition) is 1. The average Bonchev–Trinajstić information content (AvgIpc) is 3.61. The van der Waals surface area contributed by atoms with Crippen molar-refractivity contribution < 1.29 is 22.4 Å². The number of nitrogens with zero attached hydrogens (tertiary/aromatic N) is 3. The molecule has 0 radical (unpaired) electrons. The van der Waals surface area contributed by atoms with Gasteiger partial charge in [0.1, 0.15) is 17.1 Å². The van der Waals surface area contributed by atoms with E-state index in [2.05, 4.69) is 29.0 Å². The topological polar surface area (TPSA) is 50.2 Å².